The first-order valence-corrected chi connectivity index (χ1v) is 11.8. The van der Waals surface area contributed by atoms with E-state index in [1.54, 1.807) is 22.3 Å². The Morgan fingerprint density at radius 1 is 1.12 bits per heavy atom. The van der Waals surface area contributed by atoms with Crippen molar-refractivity contribution in [1.82, 2.24) is 14.9 Å². The van der Waals surface area contributed by atoms with E-state index < -0.39 is 0 Å². The lowest BCUT2D eigenvalue weighted by Crippen LogP contribution is -2.40. The molecule has 7 heteroatoms. The van der Waals surface area contributed by atoms with Gasteiger partial charge >= 0.3 is 0 Å². The lowest BCUT2D eigenvalue weighted by atomic mass is 9.97. The van der Waals surface area contributed by atoms with Gasteiger partial charge in [0.2, 0.25) is 0 Å². The van der Waals surface area contributed by atoms with Crippen LogP contribution in [0.25, 0.3) is 21.5 Å². The minimum atomic E-state index is -0.348. The molecule has 0 saturated carbocycles. The number of rotatable bonds is 3. The Morgan fingerprint density at radius 2 is 1.94 bits per heavy atom. The molecular weight excluding hydrogens is 442 g/mol. The summed E-state index contributed by atoms with van der Waals surface area (Å²) < 4.78 is 1.13. The number of fused-ring (bicyclic) bond motifs is 1. The van der Waals surface area contributed by atoms with E-state index in [0.717, 1.165) is 39.2 Å². The van der Waals surface area contributed by atoms with E-state index >= 15 is 0 Å². The number of carbonyl (C=O) groups is 1. The van der Waals surface area contributed by atoms with Gasteiger partial charge in [0.25, 0.3) is 11.5 Å². The SMILES string of the molecule is Cc1cccc(-c2ccc(C(=O)N3CCC(c4nc5cc(Cl)ccc5s4)CC3)c(=O)[nH]2)c1. The average Bonchev–Trinajstić information content (AvgIpc) is 3.22. The van der Waals surface area contributed by atoms with Crippen LogP contribution in [0.15, 0.2) is 59.4 Å². The highest BCUT2D eigenvalue weighted by Gasteiger charge is 2.27. The molecular formula is C25H22ClN3O2S. The van der Waals surface area contributed by atoms with Crippen molar-refractivity contribution in [3.63, 3.8) is 0 Å². The number of nitrogens with one attached hydrogen (secondary N) is 1. The van der Waals surface area contributed by atoms with Crippen LogP contribution in [0, 0.1) is 6.92 Å². The minimum absolute atomic E-state index is 0.189. The van der Waals surface area contributed by atoms with Crippen LogP contribution in [-0.2, 0) is 0 Å². The van der Waals surface area contributed by atoms with E-state index in [2.05, 4.69) is 4.98 Å². The van der Waals surface area contributed by atoms with Gasteiger partial charge in [-0.15, -0.1) is 11.3 Å². The van der Waals surface area contributed by atoms with Crippen LogP contribution in [0.4, 0.5) is 0 Å². The molecule has 1 saturated heterocycles. The van der Waals surface area contributed by atoms with E-state index in [9.17, 15) is 9.59 Å². The van der Waals surface area contributed by atoms with Gasteiger partial charge in [-0.25, -0.2) is 4.98 Å². The Hall–Kier alpha value is -2.96. The Bertz CT molecular complexity index is 1370. The van der Waals surface area contributed by atoms with Gasteiger partial charge in [-0.3, -0.25) is 9.59 Å². The molecule has 3 heterocycles. The molecule has 2 aromatic heterocycles. The average molecular weight is 464 g/mol. The summed E-state index contributed by atoms with van der Waals surface area (Å²) in [7, 11) is 0. The molecule has 1 aliphatic heterocycles. The van der Waals surface area contributed by atoms with Crippen LogP contribution in [0.3, 0.4) is 0 Å². The van der Waals surface area contributed by atoms with Crippen LogP contribution in [0.1, 0.15) is 39.7 Å². The number of benzene rings is 2. The fourth-order valence-corrected chi connectivity index (χ4v) is 5.50. The van der Waals surface area contributed by atoms with Gasteiger partial charge in [0.15, 0.2) is 0 Å². The number of hydrogen-bond acceptors (Lipinski definition) is 4. The highest BCUT2D eigenvalue weighted by molar-refractivity contribution is 7.18. The van der Waals surface area contributed by atoms with E-state index in [4.69, 9.17) is 16.6 Å². The highest BCUT2D eigenvalue weighted by Crippen LogP contribution is 2.35. The molecule has 0 unspecified atom stereocenters. The Morgan fingerprint density at radius 3 is 2.69 bits per heavy atom. The number of carbonyl (C=O) groups excluding carboxylic acids is 1. The number of aryl methyl sites for hydroxylation is 1. The second-order valence-corrected chi connectivity index (χ2v) is 9.71. The standard InChI is InChI=1S/C25H22ClN3O2S/c1-15-3-2-4-17(13-15)20-7-6-19(23(30)27-20)25(31)29-11-9-16(10-12-29)24-28-21-14-18(26)5-8-22(21)32-24/h2-8,13-14,16H,9-12H2,1H3,(H,27,30). The van der Waals surface area contributed by atoms with E-state index in [-0.39, 0.29) is 17.0 Å². The number of aromatic nitrogens is 2. The largest absolute Gasteiger partial charge is 0.338 e. The summed E-state index contributed by atoms with van der Waals surface area (Å²) in [6, 6.07) is 17.1. The zero-order valence-electron chi connectivity index (χ0n) is 17.6. The molecule has 0 radical (unpaired) electrons. The minimum Gasteiger partial charge on any atom is -0.338 e. The van der Waals surface area contributed by atoms with Crippen molar-refractivity contribution in [2.75, 3.05) is 13.1 Å². The van der Waals surface area contributed by atoms with Crippen LogP contribution in [-0.4, -0.2) is 33.9 Å². The molecule has 0 bridgehead atoms. The van der Waals surface area contributed by atoms with Crippen LogP contribution >= 0.6 is 22.9 Å². The topological polar surface area (TPSA) is 66.1 Å². The number of pyridine rings is 1. The number of nitrogens with zero attached hydrogens (tertiary/aromatic N) is 2. The molecule has 0 atom stereocenters. The number of amides is 1. The maximum Gasteiger partial charge on any atom is 0.261 e. The van der Waals surface area contributed by atoms with Crippen molar-refractivity contribution in [1.29, 1.82) is 0 Å². The van der Waals surface area contributed by atoms with Crippen molar-refractivity contribution in [2.45, 2.75) is 25.7 Å². The van der Waals surface area contributed by atoms with Crippen molar-refractivity contribution in [2.24, 2.45) is 0 Å². The number of likely N-dealkylation sites (tertiary alicyclic amines) is 1. The smallest absolute Gasteiger partial charge is 0.261 e. The van der Waals surface area contributed by atoms with Gasteiger partial charge in [0.1, 0.15) is 5.56 Å². The molecule has 5 nitrogen and oxygen atoms in total. The third-order valence-corrected chi connectivity index (χ3v) is 7.40. The number of aromatic amines is 1. The summed E-state index contributed by atoms with van der Waals surface area (Å²) in [6.07, 6.45) is 1.66. The highest BCUT2D eigenvalue weighted by atomic mass is 35.5. The van der Waals surface area contributed by atoms with E-state index in [1.807, 2.05) is 55.5 Å². The summed E-state index contributed by atoms with van der Waals surface area (Å²) >= 11 is 7.78. The third-order valence-electron chi connectivity index (χ3n) is 5.97. The summed E-state index contributed by atoms with van der Waals surface area (Å²) in [6.45, 7) is 3.23. The van der Waals surface area contributed by atoms with Gasteiger partial charge < -0.3 is 9.88 Å². The second kappa shape index (κ2) is 8.52. The van der Waals surface area contributed by atoms with Gasteiger partial charge in [0.05, 0.1) is 15.2 Å². The molecule has 162 valence electrons. The number of hydrogen-bond donors (Lipinski definition) is 1. The van der Waals surface area contributed by atoms with Gasteiger partial charge in [-0.1, -0.05) is 35.4 Å². The maximum atomic E-state index is 13.0. The molecule has 5 rings (SSSR count). The van der Waals surface area contributed by atoms with Crippen LogP contribution < -0.4 is 5.56 Å². The number of halogens is 1. The van der Waals surface area contributed by atoms with Crippen molar-refractivity contribution in [3.05, 3.63) is 86.1 Å². The summed E-state index contributed by atoms with van der Waals surface area (Å²) in [5.74, 6) is 0.105. The van der Waals surface area contributed by atoms with Crippen LogP contribution in [0.5, 0.6) is 0 Å². The van der Waals surface area contributed by atoms with Crippen molar-refractivity contribution >= 4 is 39.1 Å². The number of piperidine rings is 1. The third kappa shape index (κ3) is 4.08. The van der Waals surface area contributed by atoms with Gasteiger partial charge in [-0.2, -0.15) is 0 Å². The lowest BCUT2D eigenvalue weighted by Gasteiger charge is -2.31. The van der Waals surface area contributed by atoms with E-state index in [1.165, 1.54) is 0 Å². The Balaban J connectivity index is 1.29. The monoisotopic (exact) mass is 463 g/mol. The Kier molecular flexibility index (Phi) is 5.57. The molecule has 2 aromatic carbocycles. The van der Waals surface area contributed by atoms with Crippen molar-refractivity contribution < 1.29 is 4.79 Å². The first kappa shape index (κ1) is 20.9. The Labute approximate surface area is 194 Å². The molecule has 1 fully saturated rings. The predicted octanol–water partition coefficient (Wildman–Crippen LogP) is 5.63. The molecule has 0 spiro atoms. The normalized spacial score (nSPS) is 14.8. The van der Waals surface area contributed by atoms with Gasteiger partial charge in [0, 0.05) is 29.7 Å². The maximum absolute atomic E-state index is 13.0. The number of H-pyrrole nitrogens is 1. The second-order valence-electron chi connectivity index (χ2n) is 8.21. The molecule has 1 aliphatic rings. The van der Waals surface area contributed by atoms with Gasteiger partial charge in [-0.05, 0) is 61.7 Å². The summed E-state index contributed by atoms with van der Waals surface area (Å²) in [5, 5.41) is 1.78. The lowest BCUT2D eigenvalue weighted by molar-refractivity contribution is 0.0711. The molecule has 1 amide bonds. The fraction of sp³-hybridized carbons (Fsp3) is 0.240. The summed E-state index contributed by atoms with van der Waals surface area (Å²) in [4.78, 5) is 35.1. The molecule has 32 heavy (non-hydrogen) atoms. The zero-order chi connectivity index (χ0) is 22.2. The molecule has 0 aliphatic carbocycles. The predicted molar refractivity (Wildman–Crippen MR) is 130 cm³/mol. The zero-order valence-corrected chi connectivity index (χ0v) is 19.2. The quantitative estimate of drug-likeness (QED) is 0.428. The van der Waals surface area contributed by atoms with Crippen molar-refractivity contribution in [3.8, 4) is 11.3 Å². The molecule has 4 aromatic rings. The van der Waals surface area contributed by atoms with E-state index in [0.29, 0.717) is 29.7 Å². The fourth-order valence-electron chi connectivity index (χ4n) is 4.22. The first-order valence-electron chi connectivity index (χ1n) is 10.6. The van der Waals surface area contributed by atoms with Crippen LogP contribution in [0.2, 0.25) is 5.02 Å². The molecule has 1 N–H and O–H groups in total. The summed E-state index contributed by atoms with van der Waals surface area (Å²) in [5.41, 5.74) is 3.52. The number of thiazole rings is 1. The first-order chi connectivity index (χ1) is 15.5.